The SMILES string of the molecule is Cn1cc(-c2cc3c(N4CCN(c5ncc(C(O)(c6ccc(F)cc6)C(F)(F)F)cn5)CC4)ncnn3c2)cn1. The third kappa shape index (κ3) is 4.39. The van der Waals surface area contributed by atoms with Gasteiger partial charge in [0.25, 0.3) is 0 Å². The van der Waals surface area contributed by atoms with Crippen molar-refractivity contribution in [1.82, 2.24) is 34.3 Å². The molecule has 1 aliphatic heterocycles. The summed E-state index contributed by atoms with van der Waals surface area (Å²) in [5.74, 6) is 0.282. The van der Waals surface area contributed by atoms with Gasteiger partial charge in [0, 0.05) is 74.7 Å². The molecular formula is C26H23F4N9O. The predicted octanol–water partition coefficient (Wildman–Crippen LogP) is 3.18. The number of halogens is 4. The average Bonchev–Trinajstić information content (AvgIpc) is 3.59. The highest BCUT2D eigenvalue weighted by atomic mass is 19.4. The molecule has 0 radical (unpaired) electrons. The van der Waals surface area contributed by atoms with Crippen LogP contribution >= 0.6 is 0 Å². The summed E-state index contributed by atoms with van der Waals surface area (Å²) < 4.78 is 58.8. The lowest BCUT2D eigenvalue weighted by Crippen LogP contribution is -2.47. The zero-order chi connectivity index (χ0) is 28.1. The van der Waals surface area contributed by atoms with E-state index >= 15 is 0 Å². The maximum absolute atomic E-state index is 14.0. The van der Waals surface area contributed by atoms with Gasteiger partial charge in [0.05, 0.1) is 6.20 Å². The van der Waals surface area contributed by atoms with E-state index in [1.165, 1.54) is 6.33 Å². The maximum atomic E-state index is 14.0. The van der Waals surface area contributed by atoms with Crippen LogP contribution in [0, 0.1) is 5.82 Å². The van der Waals surface area contributed by atoms with E-state index in [2.05, 4.69) is 30.0 Å². The van der Waals surface area contributed by atoms with Crippen LogP contribution < -0.4 is 9.80 Å². The van der Waals surface area contributed by atoms with Crippen LogP contribution in [0.15, 0.2) is 67.6 Å². The Kier molecular flexibility index (Phi) is 6.13. The highest BCUT2D eigenvalue weighted by Crippen LogP contribution is 2.44. The van der Waals surface area contributed by atoms with E-state index in [9.17, 15) is 22.7 Å². The van der Waals surface area contributed by atoms with E-state index in [4.69, 9.17) is 0 Å². The first-order valence-corrected chi connectivity index (χ1v) is 12.3. The number of piperazine rings is 1. The summed E-state index contributed by atoms with van der Waals surface area (Å²) >= 11 is 0. The van der Waals surface area contributed by atoms with Crippen molar-refractivity contribution in [3.8, 4) is 11.1 Å². The Balaban J connectivity index is 1.20. The Morgan fingerprint density at radius 2 is 1.48 bits per heavy atom. The highest BCUT2D eigenvalue weighted by Gasteiger charge is 2.56. The summed E-state index contributed by atoms with van der Waals surface area (Å²) in [6, 6.07) is 5.51. The number of fused-ring (bicyclic) bond motifs is 1. The molecule has 0 amide bonds. The first kappa shape index (κ1) is 25.7. The third-order valence-corrected chi connectivity index (χ3v) is 7.01. The minimum Gasteiger partial charge on any atom is -0.372 e. The first-order valence-electron chi connectivity index (χ1n) is 12.3. The lowest BCUT2D eigenvalue weighted by molar-refractivity contribution is -0.248. The number of rotatable bonds is 5. The summed E-state index contributed by atoms with van der Waals surface area (Å²) in [5.41, 5.74) is -1.72. The molecule has 10 nitrogen and oxygen atoms in total. The fourth-order valence-corrected chi connectivity index (χ4v) is 4.86. The summed E-state index contributed by atoms with van der Waals surface area (Å²) in [6.07, 6.45) is 3.94. The van der Waals surface area contributed by atoms with E-state index in [1.54, 1.807) is 15.4 Å². The normalized spacial score (nSPS) is 15.9. The second kappa shape index (κ2) is 9.55. The molecule has 0 saturated carbocycles. The van der Waals surface area contributed by atoms with Gasteiger partial charge in [-0.2, -0.15) is 23.4 Å². The van der Waals surface area contributed by atoms with Gasteiger partial charge in [-0.05, 0) is 23.8 Å². The molecule has 40 heavy (non-hydrogen) atoms. The van der Waals surface area contributed by atoms with Gasteiger partial charge in [-0.25, -0.2) is 23.9 Å². The Morgan fingerprint density at radius 1 is 0.800 bits per heavy atom. The molecule has 4 aromatic heterocycles. The van der Waals surface area contributed by atoms with E-state index in [0.29, 0.717) is 26.2 Å². The molecule has 14 heteroatoms. The molecule has 1 aromatic carbocycles. The van der Waals surface area contributed by atoms with Crippen molar-refractivity contribution in [3.63, 3.8) is 0 Å². The number of hydrogen-bond acceptors (Lipinski definition) is 8. The second-order valence-corrected chi connectivity index (χ2v) is 9.51. The van der Waals surface area contributed by atoms with Crippen molar-refractivity contribution in [2.45, 2.75) is 11.8 Å². The molecule has 6 rings (SSSR count). The van der Waals surface area contributed by atoms with E-state index in [0.717, 1.165) is 59.1 Å². The number of benzene rings is 1. The molecule has 5 heterocycles. The smallest absolute Gasteiger partial charge is 0.372 e. The van der Waals surface area contributed by atoms with Gasteiger partial charge >= 0.3 is 6.18 Å². The van der Waals surface area contributed by atoms with Crippen LogP contribution in [0.5, 0.6) is 0 Å². The number of hydrogen-bond donors (Lipinski definition) is 1. The molecule has 206 valence electrons. The van der Waals surface area contributed by atoms with Crippen molar-refractivity contribution >= 4 is 17.3 Å². The van der Waals surface area contributed by atoms with Gasteiger partial charge < -0.3 is 14.9 Å². The topological polar surface area (TPSA) is 100 Å². The molecule has 0 bridgehead atoms. The molecule has 1 fully saturated rings. The fourth-order valence-electron chi connectivity index (χ4n) is 4.86. The molecule has 1 unspecified atom stereocenters. The molecule has 5 aromatic rings. The van der Waals surface area contributed by atoms with Crippen molar-refractivity contribution in [1.29, 1.82) is 0 Å². The quantitative estimate of drug-likeness (QED) is 0.332. The Labute approximate surface area is 225 Å². The summed E-state index contributed by atoms with van der Waals surface area (Å²) in [7, 11) is 1.85. The fraction of sp³-hybridized carbons (Fsp3) is 0.269. The Morgan fingerprint density at radius 3 is 2.10 bits per heavy atom. The standard InChI is InChI=1S/C26H23F4N9O/c1-36-14-18(11-34-36)17-10-22-23(33-16-35-39(22)15-17)37-6-8-38(9-7-37)24-31-12-20(13-32-24)25(40,26(28,29)30)19-2-4-21(27)5-3-19/h2-5,10-16,40H,6-9H2,1H3. The van der Waals surface area contributed by atoms with Crippen LogP contribution in [0.4, 0.5) is 29.3 Å². The lowest BCUT2D eigenvalue weighted by Gasteiger charge is -2.36. The van der Waals surface area contributed by atoms with Gasteiger partial charge in [0.1, 0.15) is 17.7 Å². The minimum atomic E-state index is -5.08. The molecule has 1 aliphatic rings. The summed E-state index contributed by atoms with van der Waals surface area (Å²) in [6.45, 7) is 2.11. The Hall–Kier alpha value is -4.59. The van der Waals surface area contributed by atoms with E-state index in [-0.39, 0.29) is 5.95 Å². The number of alkyl halides is 3. The van der Waals surface area contributed by atoms with Crippen molar-refractivity contribution in [3.05, 3.63) is 84.6 Å². The van der Waals surface area contributed by atoms with E-state index < -0.39 is 28.7 Å². The zero-order valence-corrected chi connectivity index (χ0v) is 21.2. The molecule has 0 aliphatic carbocycles. The third-order valence-electron chi connectivity index (χ3n) is 7.01. The number of aliphatic hydroxyl groups is 1. The summed E-state index contributed by atoms with van der Waals surface area (Å²) in [5, 5.41) is 19.3. The Bertz CT molecular complexity index is 1640. The predicted molar refractivity (Wildman–Crippen MR) is 137 cm³/mol. The monoisotopic (exact) mass is 553 g/mol. The van der Waals surface area contributed by atoms with Gasteiger partial charge in [-0.15, -0.1) is 0 Å². The average molecular weight is 554 g/mol. The number of aryl methyl sites for hydroxylation is 1. The van der Waals surface area contributed by atoms with Crippen LogP contribution in [-0.2, 0) is 12.6 Å². The zero-order valence-electron chi connectivity index (χ0n) is 21.2. The molecule has 1 atom stereocenters. The van der Waals surface area contributed by atoms with E-state index in [1.807, 2.05) is 30.4 Å². The van der Waals surface area contributed by atoms with Crippen molar-refractivity contribution in [2.75, 3.05) is 36.0 Å². The molecular weight excluding hydrogens is 530 g/mol. The highest BCUT2D eigenvalue weighted by molar-refractivity contribution is 5.77. The van der Waals surface area contributed by atoms with Gasteiger partial charge in [0.2, 0.25) is 11.5 Å². The van der Waals surface area contributed by atoms with Crippen LogP contribution in [-0.4, -0.2) is 71.8 Å². The van der Waals surface area contributed by atoms with Crippen molar-refractivity contribution < 1.29 is 22.7 Å². The van der Waals surface area contributed by atoms with Gasteiger partial charge in [-0.1, -0.05) is 12.1 Å². The maximum Gasteiger partial charge on any atom is 0.425 e. The van der Waals surface area contributed by atoms with Crippen LogP contribution in [0.25, 0.3) is 16.6 Å². The van der Waals surface area contributed by atoms with Gasteiger partial charge in [0.15, 0.2) is 5.82 Å². The minimum absolute atomic E-state index is 0.237. The second-order valence-electron chi connectivity index (χ2n) is 9.51. The lowest BCUT2D eigenvalue weighted by atomic mass is 9.87. The molecule has 1 saturated heterocycles. The molecule has 0 spiro atoms. The molecule has 1 N–H and O–H groups in total. The van der Waals surface area contributed by atoms with Crippen LogP contribution in [0.1, 0.15) is 11.1 Å². The van der Waals surface area contributed by atoms with Crippen LogP contribution in [0.2, 0.25) is 0 Å². The van der Waals surface area contributed by atoms with Gasteiger partial charge in [-0.3, -0.25) is 4.68 Å². The van der Waals surface area contributed by atoms with Crippen LogP contribution in [0.3, 0.4) is 0 Å². The number of anilines is 2. The first-order chi connectivity index (χ1) is 19.1. The summed E-state index contributed by atoms with van der Waals surface area (Å²) in [4.78, 5) is 16.7. The van der Waals surface area contributed by atoms with Crippen molar-refractivity contribution in [2.24, 2.45) is 7.05 Å². The number of nitrogens with zero attached hydrogens (tertiary/aromatic N) is 9. The number of aromatic nitrogens is 7. The largest absolute Gasteiger partial charge is 0.425 e.